The lowest BCUT2D eigenvalue weighted by Gasteiger charge is -2.06. The molecule has 2 heterocycles. The Balaban J connectivity index is 2.02. The summed E-state index contributed by atoms with van der Waals surface area (Å²) in [5, 5.41) is 7.54. The minimum atomic E-state index is -0.451. The molecule has 0 radical (unpaired) electrons. The molecule has 0 spiro atoms. The topological polar surface area (TPSA) is 113 Å². The Morgan fingerprint density at radius 3 is 2.79 bits per heavy atom. The first kappa shape index (κ1) is 13.0. The van der Waals surface area contributed by atoms with Gasteiger partial charge in [-0.3, -0.25) is 25.4 Å². The van der Waals surface area contributed by atoms with Crippen LogP contribution >= 0.6 is 11.6 Å². The van der Waals surface area contributed by atoms with Crippen LogP contribution in [0.5, 0.6) is 0 Å². The number of nitrogens with one attached hydrogen (secondary N) is 3. The van der Waals surface area contributed by atoms with Crippen LogP contribution in [-0.2, 0) is 0 Å². The average molecular weight is 281 g/mol. The van der Waals surface area contributed by atoms with E-state index in [-0.39, 0.29) is 17.2 Å². The molecule has 0 bridgehead atoms. The van der Waals surface area contributed by atoms with E-state index in [9.17, 15) is 9.59 Å². The molecule has 8 nitrogen and oxygen atoms in total. The number of carbonyl (C=O) groups excluding carboxylic acids is 1. The zero-order valence-corrected chi connectivity index (χ0v) is 10.5. The SMILES string of the molecule is Cc1nnc(NNC(=O)c2ccc(Cl)nc2)[nH]c1=O. The number of nitrogens with zero attached hydrogens (tertiary/aromatic N) is 3. The second kappa shape index (κ2) is 5.44. The van der Waals surface area contributed by atoms with Gasteiger partial charge in [0.15, 0.2) is 0 Å². The lowest BCUT2D eigenvalue weighted by Crippen LogP contribution is -2.32. The molecule has 2 aromatic heterocycles. The fourth-order valence-electron chi connectivity index (χ4n) is 1.15. The number of hydrazine groups is 1. The lowest BCUT2D eigenvalue weighted by atomic mass is 10.3. The number of halogens is 1. The van der Waals surface area contributed by atoms with E-state index in [1.165, 1.54) is 25.3 Å². The summed E-state index contributed by atoms with van der Waals surface area (Å²) in [5.74, 6) is -0.418. The molecule has 2 aromatic rings. The molecular weight excluding hydrogens is 272 g/mol. The summed E-state index contributed by atoms with van der Waals surface area (Å²) in [4.78, 5) is 29.1. The van der Waals surface area contributed by atoms with Crippen LogP contribution in [0, 0.1) is 6.92 Å². The summed E-state index contributed by atoms with van der Waals surface area (Å²) in [5.41, 5.74) is 4.92. The van der Waals surface area contributed by atoms with Gasteiger partial charge in [-0.2, -0.15) is 0 Å². The predicted octanol–water partition coefficient (Wildman–Crippen LogP) is 0.279. The molecule has 0 saturated heterocycles. The predicted molar refractivity (Wildman–Crippen MR) is 67.7 cm³/mol. The number of anilines is 1. The van der Waals surface area contributed by atoms with Gasteiger partial charge in [0.2, 0.25) is 5.95 Å². The highest BCUT2D eigenvalue weighted by molar-refractivity contribution is 6.29. The number of rotatable bonds is 3. The van der Waals surface area contributed by atoms with Crippen molar-refractivity contribution in [1.82, 2.24) is 25.6 Å². The molecule has 9 heteroatoms. The minimum Gasteiger partial charge on any atom is -0.288 e. The van der Waals surface area contributed by atoms with Gasteiger partial charge in [0.25, 0.3) is 11.5 Å². The molecule has 0 unspecified atom stereocenters. The maximum Gasteiger partial charge on any atom is 0.274 e. The second-order valence-corrected chi connectivity index (χ2v) is 3.92. The van der Waals surface area contributed by atoms with Crippen molar-refractivity contribution >= 4 is 23.5 Å². The number of aryl methyl sites for hydroxylation is 1. The zero-order chi connectivity index (χ0) is 13.8. The van der Waals surface area contributed by atoms with Crippen LogP contribution < -0.4 is 16.4 Å². The summed E-state index contributed by atoms with van der Waals surface area (Å²) in [6.45, 7) is 1.52. The molecule has 0 aliphatic heterocycles. The van der Waals surface area contributed by atoms with Gasteiger partial charge in [0.05, 0.1) is 5.56 Å². The number of hydrogen-bond acceptors (Lipinski definition) is 6. The molecule has 0 aliphatic carbocycles. The smallest absolute Gasteiger partial charge is 0.274 e. The van der Waals surface area contributed by atoms with Gasteiger partial charge < -0.3 is 0 Å². The third kappa shape index (κ3) is 3.26. The number of aromatic nitrogens is 4. The van der Waals surface area contributed by atoms with Gasteiger partial charge in [0.1, 0.15) is 10.8 Å². The van der Waals surface area contributed by atoms with Crippen LogP contribution in [0.2, 0.25) is 5.15 Å². The van der Waals surface area contributed by atoms with E-state index < -0.39 is 5.91 Å². The van der Waals surface area contributed by atoms with Crippen molar-refractivity contribution in [3.63, 3.8) is 0 Å². The van der Waals surface area contributed by atoms with Crippen molar-refractivity contribution in [3.05, 3.63) is 45.1 Å². The Hall–Kier alpha value is -2.48. The first-order valence-electron chi connectivity index (χ1n) is 5.18. The molecule has 2 rings (SSSR count). The molecule has 0 atom stereocenters. The average Bonchev–Trinajstić information content (AvgIpc) is 2.40. The highest BCUT2D eigenvalue weighted by Crippen LogP contribution is 2.04. The van der Waals surface area contributed by atoms with Crippen LogP contribution in [0.25, 0.3) is 0 Å². The Bertz CT molecular complexity index is 654. The van der Waals surface area contributed by atoms with Crippen molar-refractivity contribution in [2.75, 3.05) is 5.43 Å². The molecule has 0 saturated carbocycles. The van der Waals surface area contributed by atoms with Gasteiger partial charge >= 0.3 is 0 Å². The van der Waals surface area contributed by atoms with Crippen molar-refractivity contribution < 1.29 is 4.79 Å². The van der Waals surface area contributed by atoms with E-state index in [1.807, 2.05) is 0 Å². The number of H-pyrrole nitrogens is 1. The summed E-state index contributed by atoms with van der Waals surface area (Å²) >= 11 is 5.61. The number of carbonyl (C=O) groups is 1. The fourth-order valence-corrected chi connectivity index (χ4v) is 1.26. The maximum atomic E-state index is 11.7. The van der Waals surface area contributed by atoms with E-state index in [4.69, 9.17) is 11.6 Å². The molecule has 3 N–H and O–H groups in total. The third-order valence-corrected chi connectivity index (χ3v) is 2.37. The summed E-state index contributed by atoms with van der Waals surface area (Å²) < 4.78 is 0. The molecular formula is C10H9ClN6O2. The normalized spacial score (nSPS) is 10.0. The van der Waals surface area contributed by atoms with Crippen LogP contribution in [0.1, 0.15) is 16.1 Å². The van der Waals surface area contributed by atoms with E-state index >= 15 is 0 Å². The molecule has 0 aromatic carbocycles. The lowest BCUT2D eigenvalue weighted by molar-refractivity contribution is 0.0962. The highest BCUT2D eigenvalue weighted by Gasteiger charge is 2.06. The minimum absolute atomic E-state index is 0.0332. The number of amides is 1. The van der Waals surface area contributed by atoms with Gasteiger partial charge in [-0.25, -0.2) is 4.98 Å². The Morgan fingerprint density at radius 2 is 2.16 bits per heavy atom. The molecule has 0 fully saturated rings. The summed E-state index contributed by atoms with van der Waals surface area (Å²) in [7, 11) is 0. The van der Waals surface area contributed by atoms with Crippen molar-refractivity contribution in [1.29, 1.82) is 0 Å². The standard InChI is InChI=1S/C10H9ClN6O2/c1-5-8(18)13-10(16-14-5)17-15-9(19)6-2-3-7(11)12-4-6/h2-4H,1H3,(H,15,19)(H2,13,16,17,18). The molecule has 0 aliphatic rings. The number of aromatic amines is 1. The number of pyridine rings is 1. The van der Waals surface area contributed by atoms with E-state index in [0.717, 1.165) is 0 Å². The maximum absolute atomic E-state index is 11.7. The molecule has 98 valence electrons. The van der Waals surface area contributed by atoms with Crippen molar-refractivity contribution in [2.24, 2.45) is 0 Å². The number of hydrogen-bond donors (Lipinski definition) is 3. The van der Waals surface area contributed by atoms with Crippen LogP contribution in [0.3, 0.4) is 0 Å². The quantitative estimate of drug-likeness (QED) is 0.550. The van der Waals surface area contributed by atoms with Crippen LogP contribution in [-0.4, -0.2) is 26.1 Å². The second-order valence-electron chi connectivity index (χ2n) is 3.54. The third-order valence-electron chi connectivity index (χ3n) is 2.14. The van der Waals surface area contributed by atoms with Gasteiger partial charge in [-0.15, -0.1) is 10.2 Å². The summed E-state index contributed by atoms with van der Waals surface area (Å²) in [6.07, 6.45) is 1.32. The fraction of sp³-hybridized carbons (Fsp3) is 0.100. The molecule has 1 amide bonds. The van der Waals surface area contributed by atoms with E-state index in [0.29, 0.717) is 10.7 Å². The van der Waals surface area contributed by atoms with Crippen LogP contribution in [0.4, 0.5) is 5.95 Å². The Kier molecular flexibility index (Phi) is 3.71. The largest absolute Gasteiger partial charge is 0.288 e. The van der Waals surface area contributed by atoms with E-state index in [1.54, 1.807) is 0 Å². The zero-order valence-electron chi connectivity index (χ0n) is 9.77. The highest BCUT2D eigenvalue weighted by atomic mass is 35.5. The Labute approximate surface area is 112 Å². The van der Waals surface area contributed by atoms with Gasteiger partial charge in [-0.05, 0) is 19.1 Å². The first-order chi connectivity index (χ1) is 9.06. The first-order valence-corrected chi connectivity index (χ1v) is 5.55. The summed E-state index contributed by atoms with van der Waals surface area (Å²) in [6, 6.07) is 3.00. The van der Waals surface area contributed by atoms with Gasteiger partial charge in [0, 0.05) is 6.20 Å². The van der Waals surface area contributed by atoms with Crippen molar-refractivity contribution in [2.45, 2.75) is 6.92 Å². The monoisotopic (exact) mass is 280 g/mol. The van der Waals surface area contributed by atoms with Gasteiger partial charge in [-0.1, -0.05) is 11.6 Å². The van der Waals surface area contributed by atoms with E-state index in [2.05, 4.69) is 31.0 Å². The Morgan fingerprint density at radius 1 is 1.37 bits per heavy atom. The van der Waals surface area contributed by atoms with Crippen molar-refractivity contribution in [3.8, 4) is 0 Å². The van der Waals surface area contributed by atoms with Crippen LogP contribution in [0.15, 0.2) is 23.1 Å². The molecule has 19 heavy (non-hydrogen) atoms.